The Hall–Kier alpha value is -2.66. The Morgan fingerprint density at radius 1 is 1.07 bits per heavy atom. The van der Waals surface area contributed by atoms with Gasteiger partial charge in [-0.3, -0.25) is 4.79 Å². The summed E-state index contributed by atoms with van der Waals surface area (Å²) < 4.78 is 5.60. The molecule has 0 spiro atoms. The number of nitrogens with one attached hydrogen (secondary N) is 1. The van der Waals surface area contributed by atoms with E-state index in [9.17, 15) is 4.79 Å². The predicted molar refractivity (Wildman–Crippen MR) is 109 cm³/mol. The Morgan fingerprint density at radius 3 is 2.52 bits per heavy atom. The number of hydrogen-bond donors (Lipinski definition) is 1. The van der Waals surface area contributed by atoms with Crippen LogP contribution in [0.2, 0.25) is 0 Å². The third kappa shape index (κ3) is 6.22. The molecule has 27 heavy (non-hydrogen) atoms. The van der Waals surface area contributed by atoms with Crippen molar-refractivity contribution in [3.8, 4) is 5.75 Å². The van der Waals surface area contributed by atoms with Crippen LogP contribution in [0.4, 0.5) is 0 Å². The van der Waals surface area contributed by atoms with Crippen molar-refractivity contribution in [1.82, 2.24) is 10.3 Å². The molecule has 5 heteroatoms. The third-order valence-electron chi connectivity index (χ3n) is 4.14. The second kappa shape index (κ2) is 9.88. The van der Waals surface area contributed by atoms with Crippen LogP contribution in [0.5, 0.6) is 5.75 Å². The molecule has 3 rings (SSSR count). The summed E-state index contributed by atoms with van der Waals surface area (Å²) >= 11 is 1.67. The van der Waals surface area contributed by atoms with E-state index in [4.69, 9.17) is 4.74 Å². The van der Waals surface area contributed by atoms with Gasteiger partial charge in [-0.25, -0.2) is 4.98 Å². The largest absolute Gasteiger partial charge is 0.494 e. The maximum Gasteiger partial charge on any atom is 0.220 e. The van der Waals surface area contributed by atoms with Crippen LogP contribution < -0.4 is 10.1 Å². The molecular weight excluding hydrogens is 356 g/mol. The average molecular weight is 381 g/mol. The molecule has 0 aliphatic carbocycles. The summed E-state index contributed by atoms with van der Waals surface area (Å²) in [5.41, 5.74) is 2.32. The smallest absolute Gasteiger partial charge is 0.220 e. The Morgan fingerprint density at radius 2 is 1.78 bits per heavy atom. The van der Waals surface area contributed by atoms with Gasteiger partial charge in [0, 0.05) is 17.7 Å². The normalized spacial score (nSPS) is 10.6. The van der Waals surface area contributed by atoms with Crippen molar-refractivity contribution >= 4 is 17.2 Å². The van der Waals surface area contributed by atoms with Crippen LogP contribution in [0.25, 0.3) is 0 Å². The first-order chi connectivity index (χ1) is 13.2. The van der Waals surface area contributed by atoms with E-state index < -0.39 is 0 Å². The summed E-state index contributed by atoms with van der Waals surface area (Å²) in [4.78, 5) is 17.9. The van der Waals surface area contributed by atoms with Gasteiger partial charge in [0.05, 0.1) is 18.8 Å². The molecule has 1 heterocycles. The SMILES string of the molecule is Cc1nc(CNC(=O)CCCOc2ccccc2)sc1Cc1ccccc1. The van der Waals surface area contributed by atoms with Gasteiger partial charge in [0.15, 0.2) is 0 Å². The first-order valence-corrected chi connectivity index (χ1v) is 9.96. The van der Waals surface area contributed by atoms with Crippen LogP contribution in [0.1, 0.15) is 34.0 Å². The van der Waals surface area contributed by atoms with Crippen molar-refractivity contribution in [3.05, 3.63) is 81.8 Å². The third-order valence-corrected chi connectivity index (χ3v) is 5.30. The fourth-order valence-electron chi connectivity index (χ4n) is 2.71. The molecule has 0 radical (unpaired) electrons. The van der Waals surface area contributed by atoms with E-state index in [1.54, 1.807) is 11.3 Å². The number of thiazole rings is 1. The van der Waals surface area contributed by atoms with Crippen LogP contribution in [-0.2, 0) is 17.8 Å². The minimum absolute atomic E-state index is 0.0316. The summed E-state index contributed by atoms with van der Waals surface area (Å²) in [5.74, 6) is 0.867. The van der Waals surface area contributed by atoms with Gasteiger partial charge in [-0.15, -0.1) is 11.3 Å². The van der Waals surface area contributed by atoms with Crippen molar-refractivity contribution in [2.45, 2.75) is 32.7 Å². The Bertz CT molecular complexity index is 847. The number of carbonyl (C=O) groups is 1. The molecule has 0 atom stereocenters. The summed E-state index contributed by atoms with van der Waals surface area (Å²) in [7, 11) is 0. The van der Waals surface area contributed by atoms with Crippen LogP contribution >= 0.6 is 11.3 Å². The number of nitrogens with zero attached hydrogens (tertiary/aromatic N) is 1. The highest BCUT2D eigenvalue weighted by molar-refractivity contribution is 7.11. The molecule has 3 aromatic rings. The van der Waals surface area contributed by atoms with Crippen LogP contribution in [0.15, 0.2) is 60.7 Å². The van der Waals surface area contributed by atoms with Crippen molar-refractivity contribution in [2.75, 3.05) is 6.61 Å². The second-order valence-corrected chi connectivity index (χ2v) is 7.49. The van der Waals surface area contributed by atoms with Gasteiger partial charge in [0.25, 0.3) is 0 Å². The number of hydrogen-bond acceptors (Lipinski definition) is 4. The lowest BCUT2D eigenvalue weighted by atomic mass is 10.1. The molecule has 0 fully saturated rings. The number of aryl methyl sites for hydroxylation is 1. The molecule has 140 valence electrons. The standard InChI is InChI=1S/C22H24N2O2S/c1-17-20(15-18-9-4-2-5-10-18)27-22(24-17)16-23-21(25)13-8-14-26-19-11-6-3-7-12-19/h2-7,9-12H,8,13-16H2,1H3,(H,23,25). The van der Waals surface area contributed by atoms with Crippen molar-refractivity contribution in [2.24, 2.45) is 0 Å². The second-order valence-electron chi connectivity index (χ2n) is 6.32. The molecule has 0 saturated carbocycles. The molecule has 0 aliphatic rings. The van der Waals surface area contributed by atoms with Crippen molar-refractivity contribution in [1.29, 1.82) is 0 Å². The molecule has 0 aliphatic heterocycles. The van der Waals surface area contributed by atoms with Gasteiger partial charge < -0.3 is 10.1 Å². The summed E-state index contributed by atoms with van der Waals surface area (Å²) in [6, 6.07) is 20.0. The first kappa shape index (κ1) is 19.1. The maximum atomic E-state index is 12.0. The monoisotopic (exact) mass is 380 g/mol. The number of carbonyl (C=O) groups excluding carboxylic acids is 1. The molecule has 1 amide bonds. The van der Waals surface area contributed by atoms with Gasteiger partial charge >= 0.3 is 0 Å². The van der Waals surface area contributed by atoms with E-state index >= 15 is 0 Å². The summed E-state index contributed by atoms with van der Waals surface area (Å²) in [6.07, 6.45) is 2.03. The molecular formula is C22H24N2O2S. The van der Waals surface area contributed by atoms with E-state index in [1.807, 2.05) is 55.5 Å². The Labute approximate surface area is 164 Å². The minimum atomic E-state index is 0.0316. The van der Waals surface area contributed by atoms with Crippen LogP contribution in [-0.4, -0.2) is 17.5 Å². The molecule has 0 bridgehead atoms. The lowest BCUT2D eigenvalue weighted by molar-refractivity contribution is -0.121. The zero-order chi connectivity index (χ0) is 18.9. The molecule has 0 unspecified atom stereocenters. The Balaban J connectivity index is 1.39. The fraction of sp³-hybridized carbons (Fsp3) is 0.273. The summed E-state index contributed by atoms with van der Waals surface area (Å²) in [6.45, 7) is 3.05. The Kier molecular flexibility index (Phi) is 6.99. The zero-order valence-corrected chi connectivity index (χ0v) is 16.3. The fourth-order valence-corrected chi connectivity index (χ4v) is 3.75. The number of benzene rings is 2. The molecule has 1 aromatic heterocycles. The average Bonchev–Trinajstić information content (AvgIpc) is 3.05. The van der Waals surface area contributed by atoms with Gasteiger partial charge in [-0.05, 0) is 31.0 Å². The van der Waals surface area contributed by atoms with Crippen molar-refractivity contribution in [3.63, 3.8) is 0 Å². The molecule has 0 saturated heterocycles. The van der Waals surface area contributed by atoms with Crippen LogP contribution in [0, 0.1) is 6.92 Å². The number of para-hydroxylation sites is 1. The predicted octanol–water partition coefficient (Wildman–Crippen LogP) is 4.52. The number of ether oxygens (including phenoxy) is 1. The lowest BCUT2D eigenvalue weighted by Crippen LogP contribution is -2.22. The maximum absolute atomic E-state index is 12.0. The van der Waals surface area contributed by atoms with E-state index in [1.165, 1.54) is 10.4 Å². The van der Waals surface area contributed by atoms with E-state index in [-0.39, 0.29) is 5.91 Å². The first-order valence-electron chi connectivity index (χ1n) is 9.14. The van der Waals surface area contributed by atoms with Gasteiger partial charge in [0.2, 0.25) is 5.91 Å². The summed E-state index contributed by atoms with van der Waals surface area (Å²) in [5, 5.41) is 3.91. The molecule has 2 aromatic carbocycles. The minimum Gasteiger partial charge on any atom is -0.494 e. The zero-order valence-electron chi connectivity index (χ0n) is 15.5. The van der Waals surface area contributed by atoms with E-state index in [0.717, 1.165) is 22.9 Å². The highest BCUT2D eigenvalue weighted by Gasteiger charge is 2.09. The number of rotatable bonds is 9. The molecule has 4 nitrogen and oxygen atoms in total. The van der Waals surface area contributed by atoms with Gasteiger partial charge in [0.1, 0.15) is 10.8 Å². The quantitative estimate of drug-likeness (QED) is 0.555. The van der Waals surface area contributed by atoms with Gasteiger partial charge in [-0.1, -0.05) is 48.5 Å². The van der Waals surface area contributed by atoms with Gasteiger partial charge in [-0.2, -0.15) is 0 Å². The van der Waals surface area contributed by atoms with Crippen LogP contribution in [0.3, 0.4) is 0 Å². The lowest BCUT2D eigenvalue weighted by Gasteiger charge is -2.06. The molecule has 1 N–H and O–H groups in total. The highest BCUT2D eigenvalue weighted by Crippen LogP contribution is 2.21. The topological polar surface area (TPSA) is 51.2 Å². The van der Waals surface area contributed by atoms with E-state index in [2.05, 4.69) is 22.4 Å². The highest BCUT2D eigenvalue weighted by atomic mass is 32.1. The number of amides is 1. The van der Waals surface area contributed by atoms with E-state index in [0.29, 0.717) is 26.0 Å². The number of aromatic nitrogens is 1. The van der Waals surface area contributed by atoms with Crippen molar-refractivity contribution < 1.29 is 9.53 Å².